The van der Waals surface area contributed by atoms with Gasteiger partial charge in [-0.05, 0) is 38.1 Å². The van der Waals surface area contributed by atoms with E-state index in [0.717, 1.165) is 30.1 Å². The molecule has 0 bridgehead atoms. The maximum Gasteiger partial charge on any atom is 0.0849 e. The summed E-state index contributed by atoms with van der Waals surface area (Å²) in [6.45, 7) is 5.34. The summed E-state index contributed by atoms with van der Waals surface area (Å²) in [4.78, 5) is 0. The van der Waals surface area contributed by atoms with Gasteiger partial charge in [0, 0.05) is 13.1 Å². The lowest BCUT2D eigenvalue weighted by Crippen LogP contribution is -2.33. The molecule has 0 aromatic carbocycles. The number of aryl methyl sites for hydroxylation is 2. The number of hydrogen-bond donors (Lipinski definition) is 1. The van der Waals surface area contributed by atoms with Crippen LogP contribution >= 0.6 is 11.6 Å². The highest BCUT2D eigenvalue weighted by molar-refractivity contribution is 6.31. The van der Waals surface area contributed by atoms with Gasteiger partial charge < -0.3 is 5.32 Å². The quantitative estimate of drug-likeness (QED) is 0.891. The molecule has 2 rings (SSSR count). The fraction of sp³-hybridized carbons (Fsp3) is 0.786. The van der Waals surface area contributed by atoms with Gasteiger partial charge in [0.2, 0.25) is 0 Å². The first kappa shape index (κ1) is 13.9. The molecule has 0 spiro atoms. The molecule has 1 N–H and O–H groups in total. The highest BCUT2D eigenvalue weighted by Crippen LogP contribution is 2.31. The number of hydrogen-bond acceptors (Lipinski definition) is 2. The molecule has 1 aliphatic carbocycles. The van der Waals surface area contributed by atoms with E-state index in [4.69, 9.17) is 11.6 Å². The third kappa shape index (κ3) is 2.72. The molecule has 2 atom stereocenters. The first-order valence-corrected chi connectivity index (χ1v) is 7.48. The van der Waals surface area contributed by atoms with Crippen LogP contribution in [0.1, 0.15) is 44.5 Å². The average Bonchev–Trinajstić information content (AvgIpc) is 2.89. The summed E-state index contributed by atoms with van der Waals surface area (Å²) in [5.74, 6) is 0.711. The molecule has 1 heterocycles. The predicted molar refractivity (Wildman–Crippen MR) is 76.1 cm³/mol. The van der Waals surface area contributed by atoms with Crippen LogP contribution in [-0.2, 0) is 19.9 Å². The number of nitrogens with one attached hydrogen (secondary N) is 1. The zero-order valence-corrected chi connectivity index (χ0v) is 12.4. The molecule has 1 saturated carbocycles. The molecule has 3 nitrogen and oxygen atoms in total. The summed E-state index contributed by atoms with van der Waals surface area (Å²) in [6, 6.07) is 0.658. The lowest BCUT2D eigenvalue weighted by atomic mass is 9.97. The van der Waals surface area contributed by atoms with Gasteiger partial charge in [0.25, 0.3) is 0 Å². The Morgan fingerprint density at radius 1 is 1.39 bits per heavy atom. The number of rotatable bonds is 5. The van der Waals surface area contributed by atoms with Crippen molar-refractivity contribution < 1.29 is 0 Å². The lowest BCUT2D eigenvalue weighted by Gasteiger charge is -2.20. The maximum absolute atomic E-state index is 6.43. The Morgan fingerprint density at radius 2 is 2.17 bits per heavy atom. The third-order valence-electron chi connectivity index (χ3n) is 4.08. The van der Waals surface area contributed by atoms with Gasteiger partial charge in [-0.1, -0.05) is 31.9 Å². The van der Waals surface area contributed by atoms with Crippen LogP contribution in [0.15, 0.2) is 0 Å². The van der Waals surface area contributed by atoms with Crippen LogP contribution in [0, 0.1) is 5.92 Å². The molecule has 0 amide bonds. The zero-order valence-electron chi connectivity index (χ0n) is 11.7. The van der Waals surface area contributed by atoms with Gasteiger partial charge in [-0.25, -0.2) is 0 Å². The second-order valence-corrected chi connectivity index (χ2v) is 5.62. The molecule has 0 aliphatic heterocycles. The van der Waals surface area contributed by atoms with Crippen molar-refractivity contribution in [2.75, 3.05) is 6.54 Å². The first-order valence-electron chi connectivity index (χ1n) is 7.11. The third-order valence-corrected chi connectivity index (χ3v) is 4.52. The largest absolute Gasteiger partial charge is 0.314 e. The number of aromatic nitrogens is 2. The fourth-order valence-electron chi connectivity index (χ4n) is 3.10. The molecule has 0 saturated heterocycles. The lowest BCUT2D eigenvalue weighted by molar-refractivity contribution is 0.398. The van der Waals surface area contributed by atoms with Crippen molar-refractivity contribution in [3.05, 3.63) is 16.4 Å². The van der Waals surface area contributed by atoms with Crippen LogP contribution in [0.25, 0.3) is 0 Å². The number of halogens is 1. The van der Waals surface area contributed by atoms with Crippen LogP contribution in [0.3, 0.4) is 0 Å². The maximum atomic E-state index is 6.43. The van der Waals surface area contributed by atoms with Crippen molar-refractivity contribution in [2.24, 2.45) is 13.0 Å². The predicted octanol–water partition coefficient (Wildman–Crippen LogP) is 2.96. The van der Waals surface area contributed by atoms with E-state index in [1.165, 1.54) is 25.0 Å². The van der Waals surface area contributed by atoms with Crippen molar-refractivity contribution in [1.82, 2.24) is 15.1 Å². The van der Waals surface area contributed by atoms with Gasteiger partial charge in [0.05, 0.1) is 16.4 Å². The van der Waals surface area contributed by atoms with E-state index >= 15 is 0 Å². The molecule has 1 aromatic heterocycles. The molecule has 1 aliphatic rings. The van der Waals surface area contributed by atoms with Crippen molar-refractivity contribution in [3.8, 4) is 0 Å². The normalized spacial score (nSPS) is 23.8. The monoisotopic (exact) mass is 269 g/mol. The van der Waals surface area contributed by atoms with E-state index in [9.17, 15) is 0 Å². The Bertz CT molecular complexity index is 400. The van der Waals surface area contributed by atoms with Crippen LogP contribution < -0.4 is 5.32 Å². The minimum Gasteiger partial charge on any atom is -0.314 e. The van der Waals surface area contributed by atoms with Crippen molar-refractivity contribution >= 4 is 11.6 Å². The fourth-order valence-corrected chi connectivity index (χ4v) is 3.47. The molecule has 102 valence electrons. The highest BCUT2D eigenvalue weighted by Gasteiger charge is 2.28. The van der Waals surface area contributed by atoms with Gasteiger partial charge in [-0.15, -0.1) is 0 Å². The molecule has 18 heavy (non-hydrogen) atoms. The smallest absolute Gasteiger partial charge is 0.0849 e. The van der Waals surface area contributed by atoms with E-state index < -0.39 is 0 Å². The minimum absolute atomic E-state index is 0.658. The first-order chi connectivity index (χ1) is 8.67. The Kier molecular flexibility index (Phi) is 4.68. The summed E-state index contributed by atoms with van der Waals surface area (Å²) in [5, 5.41) is 9.00. The average molecular weight is 270 g/mol. The molecular formula is C14H24ClN3. The molecule has 1 fully saturated rings. The van der Waals surface area contributed by atoms with Crippen LogP contribution in [0.2, 0.25) is 5.02 Å². The van der Waals surface area contributed by atoms with Gasteiger partial charge in [0.15, 0.2) is 0 Å². The summed E-state index contributed by atoms with van der Waals surface area (Å²) in [7, 11) is 2.01. The summed E-state index contributed by atoms with van der Waals surface area (Å²) in [6.07, 6.45) is 5.90. The van der Waals surface area contributed by atoms with E-state index in [-0.39, 0.29) is 0 Å². The van der Waals surface area contributed by atoms with E-state index in [1.807, 2.05) is 11.7 Å². The molecule has 1 aromatic rings. The van der Waals surface area contributed by atoms with Gasteiger partial charge in [0.1, 0.15) is 0 Å². The summed E-state index contributed by atoms with van der Waals surface area (Å²) < 4.78 is 1.97. The highest BCUT2D eigenvalue weighted by atomic mass is 35.5. The van der Waals surface area contributed by atoms with Crippen molar-refractivity contribution in [1.29, 1.82) is 0 Å². The molecular weight excluding hydrogens is 246 g/mol. The molecule has 4 heteroatoms. The topological polar surface area (TPSA) is 29.9 Å². The Labute approximate surface area is 115 Å². The molecule has 0 radical (unpaired) electrons. The summed E-state index contributed by atoms with van der Waals surface area (Å²) in [5.41, 5.74) is 2.25. The Balaban J connectivity index is 2.11. The van der Waals surface area contributed by atoms with Crippen LogP contribution in [-0.4, -0.2) is 22.4 Å². The standard InChI is InChI=1S/C14H24ClN3/c1-4-11-14(15)13(18(3)17-11)9-10-7-6-8-12(10)16-5-2/h10,12,16H,4-9H2,1-3H3. The molecule has 2 unspecified atom stereocenters. The van der Waals surface area contributed by atoms with Crippen LogP contribution in [0.4, 0.5) is 0 Å². The second-order valence-electron chi connectivity index (χ2n) is 5.24. The Hall–Kier alpha value is -0.540. The Morgan fingerprint density at radius 3 is 2.78 bits per heavy atom. The van der Waals surface area contributed by atoms with E-state index in [1.54, 1.807) is 0 Å². The minimum atomic E-state index is 0.658. The zero-order chi connectivity index (χ0) is 13.1. The summed E-state index contributed by atoms with van der Waals surface area (Å²) >= 11 is 6.43. The SMILES string of the molecule is CCNC1CCCC1Cc1c(Cl)c(CC)nn1C. The van der Waals surface area contributed by atoms with E-state index in [2.05, 4.69) is 24.3 Å². The van der Waals surface area contributed by atoms with Crippen molar-refractivity contribution in [2.45, 2.75) is 52.0 Å². The van der Waals surface area contributed by atoms with Crippen LogP contribution in [0.5, 0.6) is 0 Å². The van der Waals surface area contributed by atoms with Gasteiger partial charge in [-0.2, -0.15) is 5.10 Å². The van der Waals surface area contributed by atoms with E-state index in [0.29, 0.717) is 12.0 Å². The van der Waals surface area contributed by atoms with Gasteiger partial charge in [-0.3, -0.25) is 4.68 Å². The second kappa shape index (κ2) is 6.07. The van der Waals surface area contributed by atoms with Crippen molar-refractivity contribution in [3.63, 3.8) is 0 Å². The number of nitrogens with zero attached hydrogens (tertiary/aromatic N) is 2. The van der Waals surface area contributed by atoms with Gasteiger partial charge >= 0.3 is 0 Å².